The highest BCUT2D eigenvalue weighted by Gasteiger charge is 2.60. The fourth-order valence-electron chi connectivity index (χ4n) is 4.12. The largest absolute Gasteiger partial charge is 0.381 e. The van der Waals surface area contributed by atoms with Crippen LogP contribution in [0.5, 0.6) is 0 Å². The number of ether oxygens (including phenoxy) is 1. The summed E-state index contributed by atoms with van der Waals surface area (Å²) in [5, 5.41) is 0. The summed E-state index contributed by atoms with van der Waals surface area (Å²) in [7, 11) is 0. The number of rotatable bonds is 3. The smallest absolute Gasteiger partial charge is 0.0499 e. The molecule has 0 amide bonds. The summed E-state index contributed by atoms with van der Waals surface area (Å²) < 4.78 is 5.54. The van der Waals surface area contributed by atoms with E-state index < -0.39 is 0 Å². The molecule has 3 saturated carbocycles. The quantitative estimate of drug-likeness (QED) is 0.625. The van der Waals surface area contributed by atoms with Gasteiger partial charge in [0.2, 0.25) is 0 Å². The maximum absolute atomic E-state index is 5.54. The van der Waals surface area contributed by atoms with Gasteiger partial charge in [-0.05, 0) is 55.8 Å². The predicted octanol–water partition coefficient (Wildman–Crippen LogP) is 2.32. The van der Waals surface area contributed by atoms with Crippen LogP contribution < -0.4 is 0 Å². The number of hydrogen-bond acceptors (Lipinski definition) is 1. The molecule has 3 aliphatic carbocycles. The van der Waals surface area contributed by atoms with Crippen molar-refractivity contribution in [1.82, 2.24) is 0 Å². The summed E-state index contributed by atoms with van der Waals surface area (Å²) in [4.78, 5) is 0. The summed E-state index contributed by atoms with van der Waals surface area (Å²) in [5.74, 6) is 5.40. The first kappa shape index (κ1) is 7.37. The highest BCUT2D eigenvalue weighted by atomic mass is 16.5. The minimum atomic E-state index is 0.907. The minimum absolute atomic E-state index is 0.907. The Morgan fingerprint density at radius 2 is 1.75 bits per heavy atom. The molecule has 12 heavy (non-hydrogen) atoms. The molecule has 0 aliphatic heterocycles. The normalized spacial score (nSPS) is 54.2. The standard InChI is InChI=1S/C11H18O/c1-2-12-6-11-9-4-7-3-8(9)10(11)5-7/h7-11H,2-6H2,1H3. The van der Waals surface area contributed by atoms with Gasteiger partial charge >= 0.3 is 0 Å². The van der Waals surface area contributed by atoms with Crippen molar-refractivity contribution in [1.29, 1.82) is 0 Å². The fraction of sp³-hybridized carbons (Fsp3) is 1.00. The average molecular weight is 166 g/mol. The van der Waals surface area contributed by atoms with Gasteiger partial charge in [0, 0.05) is 13.2 Å². The van der Waals surface area contributed by atoms with Crippen LogP contribution in [0.25, 0.3) is 0 Å². The Morgan fingerprint density at radius 3 is 2.25 bits per heavy atom. The van der Waals surface area contributed by atoms with Crippen LogP contribution in [0, 0.1) is 29.6 Å². The second-order valence-electron chi connectivity index (χ2n) is 4.89. The molecule has 0 spiro atoms. The molecule has 2 atom stereocenters. The molecule has 68 valence electrons. The van der Waals surface area contributed by atoms with Crippen LogP contribution in [0.3, 0.4) is 0 Å². The molecule has 1 heteroatoms. The first-order valence-corrected chi connectivity index (χ1v) is 5.48. The number of hydrogen-bond donors (Lipinski definition) is 0. The van der Waals surface area contributed by atoms with Gasteiger partial charge in [0.1, 0.15) is 0 Å². The van der Waals surface area contributed by atoms with E-state index in [-0.39, 0.29) is 0 Å². The van der Waals surface area contributed by atoms with Crippen molar-refractivity contribution in [2.24, 2.45) is 29.6 Å². The molecule has 0 heterocycles. The van der Waals surface area contributed by atoms with E-state index in [9.17, 15) is 0 Å². The van der Waals surface area contributed by atoms with Crippen LogP contribution >= 0.6 is 0 Å². The summed E-state index contributed by atoms with van der Waals surface area (Å²) in [6.45, 7) is 4.08. The van der Waals surface area contributed by atoms with Crippen LogP contribution in [0.4, 0.5) is 0 Å². The van der Waals surface area contributed by atoms with Crippen molar-refractivity contribution in [3.05, 3.63) is 0 Å². The predicted molar refractivity (Wildman–Crippen MR) is 47.8 cm³/mol. The van der Waals surface area contributed by atoms with Crippen molar-refractivity contribution >= 4 is 0 Å². The van der Waals surface area contributed by atoms with Crippen molar-refractivity contribution in [3.63, 3.8) is 0 Å². The lowest BCUT2D eigenvalue weighted by Crippen LogP contribution is -2.46. The zero-order valence-electron chi connectivity index (χ0n) is 7.83. The highest BCUT2D eigenvalue weighted by Crippen LogP contribution is 2.66. The second-order valence-corrected chi connectivity index (χ2v) is 4.89. The molecule has 2 bridgehead atoms. The Morgan fingerprint density at radius 1 is 1.08 bits per heavy atom. The topological polar surface area (TPSA) is 9.23 Å². The van der Waals surface area contributed by atoms with E-state index in [0.717, 1.165) is 42.8 Å². The van der Waals surface area contributed by atoms with Crippen molar-refractivity contribution < 1.29 is 4.74 Å². The lowest BCUT2D eigenvalue weighted by molar-refractivity contribution is -0.0663. The zero-order valence-corrected chi connectivity index (χ0v) is 7.83. The van der Waals surface area contributed by atoms with Crippen LogP contribution in [-0.2, 0) is 4.74 Å². The summed E-state index contributed by atoms with van der Waals surface area (Å²) in [6.07, 6.45) is 4.65. The Kier molecular flexibility index (Phi) is 1.52. The van der Waals surface area contributed by atoms with Gasteiger partial charge in [-0.3, -0.25) is 0 Å². The Bertz CT molecular complexity index is 175. The third-order valence-electron chi connectivity index (χ3n) is 4.53. The second kappa shape index (κ2) is 2.47. The van der Waals surface area contributed by atoms with Gasteiger partial charge in [0.25, 0.3) is 0 Å². The van der Waals surface area contributed by atoms with Crippen LogP contribution in [-0.4, -0.2) is 13.2 Å². The van der Waals surface area contributed by atoms with Gasteiger partial charge in [-0.1, -0.05) is 0 Å². The molecule has 1 nitrogen and oxygen atoms in total. The van der Waals surface area contributed by atoms with Gasteiger partial charge in [-0.15, -0.1) is 0 Å². The molecule has 3 fully saturated rings. The molecule has 0 aromatic heterocycles. The summed E-state index contributed by atoms with van der Waals surface area (Å²) in [5.41, 5.74) is 0. The monoisotopic (exact) mass is 166 g/mol. The van der Waals surface area contributed by atoms with E-state index in [1.807, 2.05) is 0 Å². The van der Waals surface area contributed by atoms with Gasteiger partial charge in [0.15, 0.2) is 0 Å². The lowest BCUT2D eigenvalue weighted by Gasteiger charge is -2.50. The summed E-state index contributed by atoms with van der Waals surface area (Å²) >= 11 is 0. The van der Waals surface area contributed by atoms with Crippen molar-refractivity contribution in [2.45, 2.75) is 26.2 Å². The fourth-order valence-corrected chi connectivity index (χ4v) is 4.12. The molecule has 0 saturated heterocycles. The first-order chi connectivity index (χ1) is 5.90. The molecule has 2 unspecified atom stereocenters. The average Bonchev–Trinajstić information content (AvgIpc) is 2.61. The van der Waals surface area contributed by atoms with E-state index in [1.54, 1.807) is 19.3 Å². The molecule has 3 rings (SSSR count). The van der Waals surface area contributed by atoms with Gasteiger partial charge in [-0.2, -0.15) is 0 Å². The molecule has 0 aromatic rings. The van der Waals surface area contributed by atoms with Crippen LogP contribution in [0.1, 0.15) is 26.2 Å². The third kappa shape index (κ3) is 0.783. The third-order valence-corrected chi connectivity index (χ3v) is 4.53. The molecule has 0 N–H and O–H groups in total. The van der Waals surface area contributed by atoms with Crippen LogP contribution in [0.2, 0.25) is 0 Å². The maximum Gasteiger partial charge on any atom is 0.0499 e. The van der Waals surface area contributed by atoms with Crippen molar-refractivity contribution in [3.8, 4) is 0 Å². The minimum Gasteiger partial charge on any atom is -0.381 e. The van der Waals surface area contributed by atoms with Gasteiger partial charge < -0.3 is 4.74 Å². The maximum atomic E-state index is 5.54. The first-order valence-electron chi connectivity index (χ1n) is 5.48. The highest BCUT2D eigenvalue weighted by molar-refractivity contribution is 5.08. The van der Waals surface area contributed by atoms with Crippen LogP contribution in [0.15, 0.2) is 0 Å². The summed E-state index contributed by atoms with van der Waals surface area (Å²) in [6, 6.07) is 0. The van der Waals surface area contributed by atoms with E-state index in [4.69, 9.17) is 4.74 Å². The molecular weight excluding hydrogens is 148 g/mol. The molecule has 0 radical (unpaired) electrons. The SMILES string of the molecule is CCOCC1C2CC3CC1C2C3. The van der Waals surface area contributed by atoms with E-state index >= 15 is 0 Å². The van der Waals surface area contributed by atoms with E-state index in [1.165, 1.54) is 0 Å². The lowest BCUT2D eigenvalue weighted by atomic mass is 9.56. The molecule has 0 aromatic carbocycles. The Hall–Kier alpha value is -0.0400. The molecule has 3 aliphatic rings. The van der Waals surface area contributed by atoms with E-state index in [0.29, 0.717) is 0 Å². The van der Waals surface area contributed by atoms with Gasteiger partial charge in [-0.25, -0.2) is 0 Å². The Labute approximate surface area is 74.5 Å². The van der Waals surface area contributed by atoms with Crippen molar-refractivity contribution in [2.75, 3.05) is 13.2 Å². The van der Waals surface area contributed by atoms with E-state index in [2.05, 4.69) is 6.92 Å². The van der Waals surface area contributed by atoms with Gasteiger partial charge in [0.05, 0.1) is 0 Å². The number of fused-ring (bicyclic) bond motifs is 1. The zero-order chi connectivity index (χ0) is 8.13. The Balaban J connectivity index is 1.62. The molecular formula is C11H18O.